The first-order chi connectivity index (χ1) is 13.3. The molecule has 1 aromatic carbocycles. The SMILES string of the molecule is CN(CC(=O)N1CCN(S(=O)(=O)c2ccccc2Cl)CC1)C(=O)c1ccco1. The zero-order chi connectivity index (χ0) is 20.3. The number of halogens is 1. The Hall–Kier alpha value is -2.36. The van der Waals surface area contributed by atoms with Gasteiger partial charge in [-0.2, -0.15) is 4.31 Å². The minimum absolute atomic E-state index is 0.0558. The molecule has 1 aromatic heterocycles. The maximum atomic E-state index is 12.8. The molecule has 1 fully saturated rings. The molecule has 0 radical (unpaired) electrons. The topological polar surface area (TPSA) is 91.1 Å². The van der Waals surface area contributed by atoms with Gasteiger partial charge in [-0.25, -0.2) is 8.42 Å². The highest BCUT2D eigenvalue weighted by Crippen LogP contribution is 2.25. The maximum absolute atomic E-state index is 12.8. The third kappa shape index (κ3) is 4.21. The zero-order valence-corrected chi connectivity index (χ0v) is 16.8. The lowest BCUT2D eigenvalue weighted by atomic mass is 10.3. The van der Waals surface area contributed by atoms with Gasteiger partial charge in [0, 0.05) is 33.2 Å². The zero-order valence-electron chi connectivity index (χ0n) is 15.2. The Morgan fingerprint density at radius 2 is 1.79 bits per heavy atom. The molecule has 0 atom stereocenters. The van der Waals surface area contributed by atoms with Crippen molar-refractivity contribution in [1.29, 1.82) is 0 Å². The number of nitrogens with zero attached hydrogens (tertiary/aromatic N) is 3. The first-order valence-electron chi connectivity index (χ1n) is 8.62. The van der Waals surface area contributed by atoms with Crippen molar-refractivity contribution in [1.82, 2.24) is 14.1 Å². The standard InChI is InChI=1S/C18H20ClN3O5S/c1-20(18(24)15-6-4-12-27-15)13-17(23)21-8-10-22(11-9-21)28(25,26)16-7-3-2-5-14(16)19/h2-7,12H,8-11,13H2,1H3. The summed E-state index contributed by atoms with van der Waals surface area (Å²) >= 11 is 6.02. The van der Waals surface area contributed by atoms with Gasteiger partial charge in [0.1, 0.15) is 4.90 Å². The summed E-state index contributed by atoms with van der Waals surface area (Å²) in [5.74, 6) is -0.485. The van der Waals surface area contributed by atoms with Crippen molar-refractivity contribution in [3.63, 3.8) is 0 Å². The van der Waals surface area contributed by atoms with Gasteiger partial charge in [0.25, 0.3) is 5.91 Å². The van der Waals surface area contributed by atoms with E-state index in [9.17, 15) is 18.0 Å². The minimum Gasteiger partial charge on any atom is -0.459 e. The van der Waals surface area contributed by atoms with Gasteiger partial charge in [-0.05, 0) is 24.3 Å². The normalized spacial score (nSPS) is 15.4. The van der Waals surface area contributed by atoms with Gasteiger partial charge in [0.2, 0.25) is 15.9 Å². The average molecular weight is 426 g/mol. The highest BCUT2D eigenvalue weighted by molar-refractivity contribution is 7.89. The van der Waals surface area contributed by atoms with Crippen LogP contribution in [0.4, 0.5) is 0 Å². The molecule has 0 bridgehead atoms. The predicted molar refractivity (Wildman–Crippen MR) is 102 cm³/mol. The van der Waals surface area contributed by atoms with E-state index in [1.807, 2.05) is 0 Å². The Balaban J connectivity index is 1.58. The lowest BCUT2D eigenvalue weighted by Crippen LogP contribution is -2.52. The van der Waals surface area contributed by atoms with Crippen LogP contribution in [0.1, 0.15) is 10.6 Å². The van der Waals surface area contributed by atoms with Crippen LogP contribution in [0.15, 0.2) is 52.0 Å². The second kappa shape index (κ2) is 8.34. The molecule has 28 heavy (non-hydrogen) atoms. The Morgan fingerprint density at radius 1 is 1.11 bits per heavy atom. The number of amides is 2. The van der Waals surface area contributed by atoms with Crippen LogP contribution in [0.25, 0.3) is 0 Å². The number of sulfonamides is 1. The van der Waals surface area contributed by atoms with Gasteiger partial charge >= 0.3 is 0 Å². The minimum atomic E-state index is -3.72. The van der Waals surface area contributed by atoms with Crippen molar-refractivity contribution in [2.75, 3.05) is 39.8 Å². The molecule has 0 N–H and O–H groups in total. The van der Waals surface area contributed by atoms with E-state index in [1.54, 1.807) is 23.1 Å². The van der Waals surface area contributed by atoms with Crippen LogP contribution in [-0.2, 0) is 14.8 Å². The summed E-state index contributed by atoms with van der Waals surface area (Å²) in [4.78, 5) is 27.5. The monoisotopic (exact) mass is 425 g/mol. The number of benzene rings is 1. The highest BCUT2D eigenvalue weighted by atomic mass is 35.5. The van der Waals surface area contributed by atoms with Crippen LogP contribution in [-0.4, -0.2) is 74.1 Å². The van der Waals surface area contributed by atoms with E-state index in [0.717, 1.165) is 0 Å². The van der Waals surface area contributed by atoms with Crippen LogP contribution >= 0.6 is 11.6 Å². The summed E-state index contributed by atoms with van der Waals surface area (Å²) in [6.45, 7) is 0.692. The van der Waals surface area contributed by atoms with E-state index in [2.05, 4.69) is 0 Å². The number of furan rings is 1. The smallest absolute Gasteiger partial charge is 0.289 e. The van der Waals surface area contributed by atoms with E-state index in [4.69, 9.17) is 16.0 Å². The van der Waals surface area contributed by atoms with Gasteiger partial charge in [-0.15, -0.1) is 0 Å². The predicted octanol–water partition coefficient (Wildman–Crippen LogP) is 1.54. The van der Waals surface area contributed by atoms with Gasteiger partial charge in [-0.3, -0.25) is 9.59 Å². The molecule has 8 nitrogen and oxygen atoms in total. The second-order valence-corrected chi connectivity index (χ2v) is 8.67. The van der Waals surface area contributed by atoms with E-state index >= 15 is 0 Å². The van der Waals surface area contributed by atoms with E-state index in [0.29, 0.717) is 0 Å². The summed E-state index contributed by atoms with van der Waals surface area (Å²) < 4.78 is 31.9. The third-order valence-corrected chi connectivity index (χ3v) is 6.90. The third-order valence-electron chi connectivity index (χ3n) is 4.50. The number of rotatable bonds is 5. The quantitative estimate of drug-likeness (QED) is 0.724. The number of piperazine rings is 1. The average Bonchev–Trinajstić information content (AvgIpc) is 3.22. The largest absolute Gasteiger partial charge is 0.459 e. The van der Waals surface area contributed by atoms with Crippen molar-refractivity contribution < 1.29 is 22.4 Å². The summed E-state index contributed by atoms with van der Waals surface area (Å²) in [7, 11) is -2.21. The van der Waals surface area contributed by atoms with Gasteiger partial charge < -0.3 is 14.2 Å². The number of carbonyl (C=O) groups is 2. The molecule has 3 rings (SSSR count). The van der Waals surface area contributed by atoms with Gasteiger partial charge in [0.15, 0.2) is 5.76 Å². The molecular weight excluding hydrogens is 406 g/mol. The van der Waals surface area contributed by atoms with E-state index in [1.165, 1.54) is 40.7 Å². The number of hydrogen-bond donors (Lipinski definition) is 0. The second-order valence-electron chi connectivity index (χ2n) is 6.35. The van der Waals surface area contributed by atoms with Crippen molar-refractivity contribution in [3.8, 4) is 0 Å². The molecule has 0 spiro atoms. The summed E-state index contributed by atoms with van der Waals surface area (Å²) in [5, 5.41) is 0.166. The molecule has 1 aliphatic rings. The first kappa shape index (κ1) is 20.4. The van der Waals surface area contributed by atoms with Crippen LogP contribution in [0.3, 0.4) is 0 Å². The van der Waals surface area contributed by atoms with Crippen molar-refractivity contribution in [3.05, 3.63) is 53.4 Å². The molecule has 2 heterocycles. The number of likely N-dealkylation sites (N-methyl/N-ethyl adjacent to an activating group) is 1. The highest BCUT2D eigenvalue weighted by Gasteiger charge is 2.31. The lowest BCUT2D eigenvalue weighted by molar-refractivity contribution is -0.132. The fourth-order valence-corrected chi connectivity index (χ4v) is 4.85. The summed E-state index contributed by atoms with van der Waals surface area (Å²) in [6.07, 6.45) is 1.39. The van der Waals surface area contributed by atoms with Crippen LogP contribution < -0.4 is 0 Å². The summed E-state index contributed by atoms with van der Waals surface area (Å²) in [6, 6.07) is 9.40. The molecule has 0 unspecified atom stereocenters. The lowest BCUT2D eigenvalue weighted by Gasteiger charge is -2.34. The van der Waals surface area contributed by atoms with E-state index < -0.39 is 15.9 Å². The van der Waals surface area contributed by atoms with Crippen molar-refractivity contribution >= 4 is 33.4 Å². The molecule has 2 aromatic rings. The van der Waals surface area contributed by atoms with Crippen LogP contribution in [0, 0.1) is 0 Å². The van der Waals surface area contributed by atoms with Gasteiger partial charge in [0.05, 0.1) is 17.8 Å². The maximum Gasteiger partial charge on any atom is 0.289 e. The Bertz CT molecular complexity index is 953. The molecule has 1 aliphatic heterocycles. The molecule has 0 saturated carbocycles. The molecule has 2 amide bonds. The molecule has 1 saturated heterocycles. The molecular formula is C18H20ClN3O5S. The molecule has 0 aliphatic carbocycles. The number of hydrogen-bond acceptors (Lipinski definition) is 5. The Kier molecular flexibility index (Phi) is 6.07. The Labute approximate surface area is 168 Å². The van der Waals surface area contributed by atoms with Gasteiger partial charge in [-0.1, -0.05) is 23.7 Å². The fourth-order valence-electron chi connectivity index (χ4n) is 2.93. The molecule has 10 heteroatoms. The first-order valence-corrected chi connectivity index (χ1v) is 10.4. The fraction of sp³-hybridized carbons (Fsp3) is 0.333. The Morgan fingerprint density at radius 3 is 2.39 bits per heavy atom. The van der Waals surface area contributed by atoms with Crippen molar-refractivity contribution in [2.24, 2.45) is 0 Å². The number of carbonyl (C=O) groups excluding carboxylic acids is 2. The van der Waals surface area contributed by atoms with Crippen LogP contribution in [0.5, 0.6) is 0 Å². The van der Waals surface area contributed by atoms with Crippen molar-refractivity contribution in [2.45, 2.75) is 4.90 Å². The summed E-state index contributed by atoms with van der Waals surface area (Å²) in [5.41, 5.74) is 0. The molecule has 150 valence electrons. The van der Waals surface area contributed by atoms with E-state index in [-0.39, 0.29) is 54.3 Å². The van der Waals surface area contributed by atoms with Crippen LogP contribution in [0.2, 0.25) is 5.02 Å².